The lowest BCUT2D eigenvalue weighted by molar-refractivity contribution is -0.121. The van der Waals surface area contributed by atoms with Crippen LogP contribution in [0.3, 0.4) is 0 Å². The first kappa shape index (κ1) is 19.5. The molecular formula is C17H21ClN2O4S. The minimum Gasteiger partial charge on any atom is -0.469 e. The largest absolute Gasteiger partial charge is 0.469 e. The Labute approximate surface area is 152 Å². The molecule has 0 spiro atoms. The van der Waals surface area contributed by atoms with Gasteiger partial charge in [0.2, 0.25) is 15.9 Å². The van der Waals surface area contributed by atoms with Crippen LogP contribution in [0.1, 0.15) is 17.7 Å². The number of carbonyl (C=O) groups excluding carboxylic acids is 1. The highest BCUT2D eigenvalue weighted by Gasteiger charge is 2.21. The van der Waals surface area contributed by atoms with Gasteiger partial charge in [0, 0.05) is 24.5 Å². The van der Waals surface area contributed by atoms with Gasteiger partial charge in [-0.3, -0.25) is 4.79 Å². The lowest BCUT2D eigenvalue weighted by Gasteiger charge is -2.20. The number of rotatable bonds is 9. The van der Waals surface area contributed by atoms with E-state index in [1.54, 1.807) is 30.5 Å². The van der Waals surface area contributed by atoms with Crippen molar-refractivity contribution in [3.63, 3.8) is 0 Å². The predicted octanol–water partition coefficient (Wildman–Crippen LogP) is 2.44. The maximum absolute atomic E-state index is 12.1. The third-order valence-electron chi connectivity index (χ3n) is 3.60. The molecule has 0 fully saturated rings. The lowest BCUT2D eigenvalue weighted by Crippen LogP contribution is -2.40. The molecule has 1 N–H and O–H groups in total. The Bertz CT molecular complexity index is 791. The fourth-order valence-corrected chi connectivity index (χ4v) is 3.19. The quantitative estimate of drug-likeness (QED) is 0.673. The summed E-state index contributed by atoms with van der Waals surface area (Å²) >= 11 is 6.08. The van der Waals surface area contributed by atoms with E-state index >= 15 is 0 Å². The lowest BCUT2D eigenvalue weighted by atomic mass is 10.2. The predicted molar refractivity (Wildman–Crippen MR) is 96.7 cm³/mol. The summed E-state index contributed by atoms with van der Waals surface area (Å²) in [4.78, 5) is 12.1. The van der Waals surface area contributed by atoms with Crippen molar-refractivity contribution in [1.29, 1.82) is 0 Å². The van der Waals surface area contributed by atoms with E-state index in [9.17, 15) is 13.2 Å². The average molecular weight is 385 g/mol. The molecule has 1 aromatic carbocycles. The van der Waals surface area contributed by atoms with E-state index in [0.29, 0.717) is 30.0 Å². The monoisotopic (exact) mass is 384 g/mol. The molecule has 1 amide bonds. The normalized spacial score (nSPS) is 11.6. The highest BCUT2D eigenvalue weighted by Crippen LogP contribution is 2.18. The van der Waals surface area contributed by atoms with Crippen molar-refractivity contribution < 1.29 is 17.6 Å². The first-order valence-corrected chi connectivity index (χ1v) is 10.1. The van der Waals surface area contributed by atoms with Gasteiger partial charge in [-0.05, 0) is 30.2 Å². The van der Waals surface area contributed by atoms with Gasteiger partial charge in [0.25, 0.3) is 0 Å². The summed E-state index contributed by atoms with van der Waals surface area (Å²) in [5.74, 6) is 0.502. The van der Waals surface area contributed by atoms with E-state index in [2.05, 4.69) is 5.32 Å². The number of nitrogens with one attached hydrogen (secondary N) is 1. The molecule has 136 valence electrons. The fraction of sp³-hybridized carbons (Fsp3) is 0.353. The summed E-state index contributed by atoms with van der Waals surface area (Å²) in [6.45, 7) is 0.256. The number of aryl methyl sites for hydroxylation is 1. The third kappa shape index (κ3) is 6.53. The molecular weight excluding hydrogens is 364 g/mol. The Kier molecular flexibility index (Phi) is 7.04. The highest BCUT2D eigenvalue weighted by molar-refractivity contribution is 7.88. The average Bonchev–Trinajstić information content (AvgIpc) is 3.05. The molecule has 1 heterocycles. The van der Waals surface area contributed by atoms with Crippen LogP contribution in [0.15, 0.2) is 47.1 Å². The first-order valence-electron chi connectivity index (χ1n) is 7.84. The standard InChI is InChI=1S/C17H21ClN2O4S/c1-25(22,23)20(12-14-6-2-3-9-16(14)18)13-17(21)19-10-4-7-15-8-5-11-24-15/h2-3,5-6,8-9,11H,4,7,10,12-13H2,1H3,(H,19,21). The number of carbonyl (C=O) groups is 1. The number of benzene rings is 1. The van der Waals surface area contributed by atoms with Gasteiger partial charge in [-0.15, -0.1) is 0 Å². The van der Waals surface area contributed by atoms with Crippen LogP contribution in [0, 0.1) is 0 Å². The SMILES string of the molecule is CS(=O)(=O)N(CC(=O)NCCCc1ccco1)Cc1ccccc1Cl. The van der Waals surface area contributed by atoms with E-state index in [-0.39, 0.29) is 19.0 Å². The van der Waals surface area contributed by atoms with Gasteiger partial charge in [-0.2, -0.15) is 4.31 Å². The fourth-order valence-electron chi connectivity index (χ4n) is 2.27. The molecule has 6 nitrogen and oxygen atoms in total. The molecule has 0 saturated carbocycles. The van der Waals surface area contributed by atoms with Crippen molar-refractivity contribution in [2.75, 3.05) is 19.3 Å². The van der Waals surface area contributed by atoms with Crippen LogP contribution in [-0.2, 0) is 27.8 Å². The van der Waals surface area contributed by atoms with Crippen molar-refractivity contribution in [2.24, 2.45) is 0 Å². The number of sulfonamides is 1. The van der Waals surface area contributed by atoms with Gasteiger partial charge in [0.15, 0.2) is 0 Å². The maximum atomic E-state index is 12.1. The van der Waals surface area contributed by atoms with Crippen LogP contribution in [0.2, 0.25) is 5.02 Å². The Balaban J connectivity index is 1.86. The van der Waals surface area contributed by atoms with Crippen LogP contribution in [0.4, 0.5) is 0 Å². The second kappa shape index (κ2) is 9.03. The smallest absolute Gasteiger partial charge is 0.235 e. The van der Waals surface area contributed by atoms with Crippen LogP contribution in [-0.4, -0.2) is 38.0 Å². The number of nitrogens with zero attached hydrogens (tertiary/aromatic N) is 1. The minimum atomic E-state index is -3.54. The zero-order valence-corrected chi connectivity index (χ0v) is 15.5. The molecule has 2 rings (SSSR count). The molecule has 0 saturated heterocycles. The second-order valence-electron chi connectivity index (χ2n) is 5.66. The van der Waals surface area contributed by atoms with E-state index in [0.717, 1.165) is 16.3 Å². The van der Waals surface area contributed by atoms with Crippen molar-refractivity contribution in [3.8, 4) is 0 Å². The number of amides is 1. The van der Waals surface area contributed by atoms with Gasteiger partial charge in [-0.25, -0.2) is 8.42 Å². The van der Waals surface area contributed by atoms with Gasteiger partial charge in [0.1, 0.15) is 5.76 Å². The van der Waals surface area contributed by atoms with E-state index in [1.165, 1.54) is 0 Å². The van der Waals surface area contributed by atoms with Crippen molar-refractivity contribution in [2.45, 2.75) is 19.4 Å². The molecule has 0 atom stereocenters. The molecule has 0 radical (unpaired) electrons. The number of hydrogen-bond donors (Lipinski definition) is 1. The van der Waals surface area contributed by atoms with Crippen molar-refractivity contribution >= 4 is 27.5 Å². The topological polar surface area (TPSA) is 79.6 Å². The molecule has 0 unspecified atom stereocenters. The van der Waals surface area contributed by atoms with Crippen LogP contribution in [0.25, 0.3) is 0 Å². The third-order valence-corrected chi connectivity index (χ3v) is 5.16. The Morgan fingerprint density at radius 1 is 1.24 bits per heavy atom. The zero-order chi connectivity index (χ0) is 18.3. The maximum Gasteiger partial charge on any atom is 0.235 e. The Morgan fingerprint density at radius 2 is 2.00 bits per heavy atom. The number of furan rings is 1. The van der Waals surface area contributed by atoms with Crippen LogP contribution < -0.4 is 5.32 Å². The van der Waals surface area contributed by atoms with Gasteiger partial charge >= 0.3 is 0 Å². The van der Waals surface area contributed by atoms with E-state index < -0.39 is 10.0 Å². The summed E-state index contributed by atoms with van der Waals surface area (Å²) in [5.41, 5.74) is 0.653. The summed E-state index contributed by atoms with van der Waals surface area (Å²) in [7, 11) is -3.54. The minimum absolute atomic E-state index is 0.0539. The molecule has 0 aliphatic carbocycles. The summed E-state index contributed by atoms with van der Waals surface area (Å²) in [6.07, 6.45) is 4.10. The van der Waals surface area contributed by atoms with Crippen LogP contribution in [0.5, 0.6) is 0 Å². The molecule has 0 aliphatic rings. The van der Waals surface area contributed by atoms with E-state index in [4.69, 9.17) is 16.0 Å². The molecule has 1 aromatic heterocycles. The molecule has 0 aliphatic heterocycles. The summed E-state index contributed by atoms with van der Waals surface area (Å²) < 4.78 is 30.2. The van der Waals surface area contributed by atoms with Gasteiger partial charge < -0.3 is 9.73 Å². The highest BCUT2D eigenvalue weighted by atomic mass is 35.5. The van der Waals surface area contributed by atoms with Crippen molar-refractivity contribution in [3.05, 3.63) is 59.0 Å². The van der Waals surface area contributed by atoms with E-state index in [1.807, 2.05) is 12.1 Å². The first-order chi connectivity index (χ1) is 11.9. The molecule has 2 aromatic rings. The van der Waals surface area contributed by atoms with Gasteiger partial charge in [0.05, 0.1) is 19.1 Å². The number of hydrogen-bond acceptors (Lipinski definition) is 4. The Hall–Kier alpha value is -1.83. The molecule has 0 bridgehead atoms. The summed E-state index contributed by atoms with van der Waals surface area (Å²) in [5, 5.41) is 3.20. The zero-order valence-electron chi connectivity index (χ0n) is 13.9. The molecule has 8 heteroatoms. The molecule has 25 heavy (non-hydrogen) atoms. The number of halogens is 1. The summed E-state index contributed by atoms with van der Waals surface area (Å²) in [6, 6.07) is 10.6. The van der Waals surface area contributed by atoms with Crippen molar-refractivity contribution in [1.82, 2.24) is 9.62 Å². The second-order valence-corrected chi connectivity index (χ2v) is 8.04. The van der Waals surface area contributed by atoms with Gasteiger partial charge in [-0.1, -0.05) is 29.8 Å². The Morgan fingerprint density at radius 3 is 2.64 bits per heavy atom. The van der Waals surface area contributed by atoms with Crippen LogP contribution >= 0.6 is 11.6 Å².